The Hall–Kier alpha value is -2.04. The first-order valence-corrected chi connectivity index (χ1v) is 6.21. The molecular formula is C14H20N2O3. The standard InChI is InChI=1S/C14H20N2O3/c1-10(16-11(2)17)14(18)15-9-8-12-6-4-5-7-13(12)19-3/h4-7,10H,8-9H2,1-3H3,(H,15,18)(H,16,17). The number of hydrogen-bond donors (Lipinski definition) is 2. The third kappa shape index (κ3) is 4.99. The van der Waals surface area contributed by atoms with Crippen LogP contribution in [0.4, 0.5) is 0 Å². The van der Waals surface area contributed by atoms with E-state index in [-0.39, 0.29) is 11.8 Å². The molecule has 1 rings (SSSR count). The summed E-state index contributed by atoms with van der Waals surface area (Å²) in [7, 11) is 1.62. The van der Waals surface area contributed by atoms with Crippen molar-refractivity contribution in [3.05, 3.63) is 29.8 Å². The summed E-state index contributed by atoms with van der Waals surface area (Å²) in [6.45, 7) is 3.54. The van der Waals surface area contributed by atoms with Gasteiger partial charge in [0.05, 0.1) is 7.11 Å². The minimum atomic E-state index is -0.518. The zero-order valence-electron chi connectivity index (χ0n) is 11.5. The molecule has 0 aliphatic rings. The maximum atomic E-state index is 11.7. The number of methoxy groups -OCH3 is 1. The third-order valence-electron chi connectivity index (χ3n) is 2.70. The lowest BCUT2D eigenvalue weighted by Gasteiger charge is -2.13. The van der Waals surface area contributed by atoms with Gasteiger partial charge in [-0.15, -0.1) is 0 Å². The van der Waals surface area contributed by atoms with Crippen molar-refractivity contribution in [2.75, 3.05) is 13.7 Å². The van der Waals surface area contributed by atoms with E-state index in [0.29, 0.717) is 13.0 Å². The molecule has 0 spiro atoms. The summed E-state index contributed by atoms with van der Waals surface area (Å²) in [4.78, 5) is 22.5. The Morgan fingerprint density at radius 3 is 2.63 bits per heavy atom. The van der Waals surface area contributed by atoms with E-state index in [1.165, 1.54) is 6.92 Å². The zero-order valence-corrected chi connectivity index (χ0v) is 11.5. The molecule has 2 amide bonds. The van der Waals surface area contributed by atoms with Crippen LogP contribution in [0.1, 0.15) is 19.4 Å². The summed E-state index contributed by atoms with van der Waals surface area (Å²) in [6, 6.07) is 7.16. The number of nitrogens with one attached hydrogen (secondary N) is 2. The van der Waals surface area contributed by atoms with Crippen LogP contribution in [0.2, 0.25) is 0 Å². The van der Waals surface area contributed by atoms with Gasteiger partial charge in [0.2, 0.25) is 11.8 Å². The van der Waals surface area contributed by atoms with Crippen LogP contribution >= 0.6 is 0 Å². The zero-order chi connectivity index (χ0) is 14.3. The van der Waals surface area contributed by atoms with Crippen molar-refractivity contribution < 1.29 is 14.3 Å². The maximum absolute atomic E-state index is 11.7. The highest BCUT2D eigenvalue weighted by Crippen LogP contribution is 2.17. The van der Waals surface area contributed by atoms with E-state index in [1.807, 2.05) is 24.3 Å². The first-order valence-electron chi connectivity index (χ1n) is 6.21. The number of rotatable bonds is 6. The van der Waals surface area contributed by atoms with Gasteiger partial charge in [0.15, 0.2) is 0 Å². The van der Waals surface area contributed by atoms with E-state index in [0.717, 1.165) is 11.3 Å². The van der Waals surface area contributed by atoms with Crippen molar-refractivity contribution in [3.63, 3.8) is 0 Å². The highest BCUT2D eigenvalue weighted by atomic mass is 16.5. The molecule has 1 aromatic carbocycles. The largest absolute Gasteiger partial charge is 0.496 e. The SMILES string of the molecule is COc1ccccc1CCNC(=O)C(C)NC(C)=O. The quantitative estimate of drug-likeness (QED) is 0.801. The van der Waals surface area contributed by atoms with Crippen LogP contribution in [0.25, 0.3) is 0 Å². The molecule has 1 atom stereocenters. The van der Waals surface area contributed by atoms with Crippen molar-refractivity contribution >= 4 is 11.8 Å². The van der Waals surface area contributed by atoms with E-state index in [4.69, 9.17) is 4.74 Å². The van der Waals surface area contributed by atoms with Gasteiger partial charge in [0.25, 0.3) is 0 Å². The highest BCUT2D eigenvalue weighted by Gasteiger charge is 2.12. The van der Waals surface area contributed by atoms with Crippen molar-refractivity contribution in [1.29, 1.82) is 0 Å². The Labute approximate surface area is 113 Å². The minimum Gasteiger partial charge on any atom is -0.496 e. The molecule has 0 saturated carbocycles. The summed E-state index contributed by atoms with van der Waals surface area (Å²) < 4.78 is 5.23. The molecule has 1 unspecified atom stereocenters. The lowest BCUT2D eigenvalue weighted by molar-refractivity contribution is -0.127. The smallest absolute Gasteiger partial charge is 0.242 e. The fourth-order valence-corrected chi connectivity index (χ4v) is 1.75. The molecule has 1 aromatic rings. The molecule has 5 nitrogen and oxygen atoms in total. The molecule has 0 radical (unpaired) electrons. The van der Waals surface area contributed by atoms with Crippen molar-refractivity contribution in [3.8, 4) is 5.75 Å². The molecule has 0 aliphatic carbocycles. The Bertz CT molecular complexity index is 446. The van der Waals surface area contributed by atoms with Crippen LogP contribution in [-0.2, 0) is 16.0 Å². The second-order valence-electron chi connectivity index (χ2n) is 4.28. The Morgan fingerprint density at radius 1 is 1.32 bits per heavy atom. The van der Waals surface area contributed by atoms with Gasteiger partial charge < -0.3 is 15.4 Å². The van der Waals surface area contributed by atoms with Crippen LogP contribution in [0, 0.1) is 0 Å². The monoisotopic (exact) mass is 264 g/mol. The van der Waals surface area contributed by atoms with Crippen molar-refractivity contribution in [2.24, 2.45) is 0 Å². The van der Waals surface area contributed by atoms with E-state index < -0.39 is 6.04 Å². The molecule has 0 aromatic heterocycles. The van der Waals surface area contributed by atoms with Gasteiger partial charge >= 0.3 is 0 Å². The van der Waals surface area contributed by atoms with Crippen LogP contribution in [0.15, 0.2) is 24.3 Å². The molecule has 0 bridgehead atoms. The van der Waals surface area contributed by atoms with Crippen molar-refractivity contribution in [1.82, 2.24) is 10.6 Å². The molecular weight excluding hydrogens is 244 g/mol. The van der Waals surface area contributed by atoms with Gasteiger partial charge in [0, 0.05) is 13.5 Å². The second-order valence-corrected chi connectivity index (χ2v) is 4.28. The normalized spacial score (nSPS) is 11.5. The van der Waals surface area contributed by atoms with Gasteiger partial charge in [-0.1, -0.05) is 18.2 Å². The van der Waals surface area contributed by atoms with Gasteiger partial charge in [-0.3, -0.25) is 9.59 Å². The minimum absolute atomic E-state index is 0.190. The molecule has 0 heterocycles. The van der Waals surface area contributed by atoms with E-state index in [9.17, 15) is 9.59 Å². The molecule has 0 saturated heterocycles. The maximum Gasteiger partial charge on any atom is 0.242 e. The van der Waals surface area contributed by atoms with Gasteiger partial charge in [-0.2, -0.15) is 0 Å². The average molecular weight is 264 g/mol. The molecule has 104 valence electrons. The Balaban J connectivity index is 2.41. The molecule has 5 heteroatoms. The molecule has 19 heavy (non-hydrogen) atoms. The Morgan fingerprint density at radius 2 is 2.00 bits per heavy atom. The van der Waals surface area contributed by atoms with E-state index >= 15 is 0 Å². The van der Waals surface area contributed by atoms with Crippen LogP contribution in [-0.4, -0.2) is 31.5 Å². The van der Waals surface area contributed by atoms with Crippen molar-refractivity contribution in [2.45, 2.75) is 26.3 Å². The summed E-state index contributed by atoms with van der Waals surface area (Å²) in [5.41, 5.74) is 1.04. The van der Waals surface area contributed by atoms with E-state index in [2.05, 4.69) is 10.6 Å². The number of carbonyl (C=O) groups excluding carboxylic acids is 2. The predicted octanol–water partition coefficient (Wildman–Crippen LogP) is 0.878. The second kappa shape index (κ2) is 7.41. The summed E-state index contributed by atoms with van der Waals surface area (Å²) in [5, 5.41) is 5.32. The third-order valence-corrected chi connectivity index (χ3v) is 2.70. The number of carbonyl (C=O) groups is 2. The van der Waals surface area contributed by atoms with Gasteiger partial charge in [0.1, 0.15) is 11.8 Å². The number of para-hydroxylation sites is 1. The van der Waals surface area contributed by atoms with Gasteiger partial charge in [-0.25, -0.2) is 0 Å². The van der Waals surface area contributed by atoms with E-state index in [1.54, 1.807) is 14.0 Å². The van der Waals surface area contributed by atoms with Crippen LogP contribution in [0.3, 0.4) is 0 Å². The predicted molar refractivity (Wildman–Crippen MR) is 73.0 cm³/mol. The summed E-state index contributed by atoms with van der Waals surface area (Å²) in [5.74, 6) is 0.407. The van der Waals surface area contributed by atoms with Crippen LogP contribution < -0.4 is 15.4 Å². The number of ether oxygens (including phenoxy) is 1. The number of benzene rings is 1. The highest BCUT2D eigenvalue weighted by molar-refractivity contribution is 5.86. The number of hydrogen-bond acceptors (Lipinski definition) is 3. The first-order chi connectivity index (χ1) is 9.04. The average Bonchev–Trinajstić information content (AvgIpc) is 2.38. The summed E-state index contributed by atoms with van der Waals surface area (Å²) >= 11 is 0. The topological polar surface area (TPSA) is 67.4 Å². The molecule has 0 aliphatic heterocycles. The van der Waals surface area contributed by atoms with Gasteiger partial charge in [-0.05, 0) is 25.0 Å². The lowest BCUT2D eigenvalue weighted by Crippen LogP contribution is -2.44. The summed E-state index contributed by atoms with van der Waals surface area (Å²) in [6.07, 6.45) is 0.683. The Kier molecular flexibility index (Phi) is 5.85. The number of amides is 2. The first kappa shape index (κ1) is 15.0. The fourth-order valence-electron chi connectivity index (χ4n) is 1.75. The molecule has 0 fully saturated rings. The molecule has 2 N–H and O–H groups in total. The lowest BCUT2D eigenvalue weighted by atomic mass is 10.1. The fraction of sp³-hybridized carbons (Fsp3) is 0.429. The van der Waals surface area contributed by atoms with Crippen LogP contribution in [0.5, 0.6) is 5.75 Å².